The van der Waals surface area contributed by atoms with Gasteiger partial charge >= 0.3 is 0 Å². The molecule has 0 bridgehead atoms. The van der Waals surface area contributed by atoms with Gasteiger partial charge in [-0.2, -0.15) is 0 Å². The first kappa shape index (κ1) is 30.3. The Kier molecular flexibility index (Phi) is 50.3. The van der Waals surface area contributed by atoms with Crippen LogP contribution in [0.2, 0.25) is 0 Å². The van der Waals surface area contributed by atoms with E-state index < -0.39 is 0 Å². The van der Waals surface area contributed by atoms with E-state index in [2.05, 4.69) is 60.8 Å². The van der Waals surface area contributed by atoms with E-state index >= 15 is 0 Å². The number of hydrogen-bond donors (Lipinski definition) is 0. The molecule has 0 saturated heterocycles. The van der Waals surface area contributed by atoms with E-state index in [1.165, 1.54) is 12.8 Å². The molecule has 18 heavy (non-hydrogen) atoms. The molecule has 0 fully saturated rings. The van der Waals surface area contributed by atoms with Crippen LogP contribution in [0.1, 0.15) is 75.7 Å². The molecule has 0 rings (SSSR count). The highest BCUT2D eigenvalue weighted by atomic mass is 14.1. The first-order valence-corrected chi connectivity index (χ1v) is 6.71. The Morgan fingerprint density at radius 3 is 1.17 bits per heavy atom. The van der Waals surface area contributed by atoms with E-state index in [0.29, 0.717) is 0 Å². The second-order valence-corrected chi connectivity index (χ2v) is 4.35. The van der Waals surface area contributed by atoms with E-state index in [4.69, 9.17) is 0 Å². The third kappa shape index (κ3) is 79.5. The van der Waals surface area contributed by atoms with Gasteiger partial charge in [0.1, 0.15) is 0 Å². The van der Waals surface area contributed by atoms with Crippen LogP contribution in [0, 0.1) is 5.41 Å². The minimum Gasteiger partial charge on any atom is -0.103 e. The van der Waals surface area contributed by atoms with Crippen LogP contribution in [0.5, 0.6) is 0 Å². The molecule has 0 atom stereocenters. The van der Waals surface area contributed by atoms with E-state index in [1.807, 2.05) is 26.0 Å². The lowest BCUT2D eigenvalue weighted by molar-refractivity contribution is 0.627. The Balaban J connectivity index is -0.0000000477. The molecule has 0 radical (unpaired) electrons. The maximum atomic E-state index is 3.70. The summed E-state index contributed by atoms with van der Waals surface area (Å²) in [7, 11) is 0. The van der Waals surface area contributed by atoms with Gasteiger partial charge in [0.2, 0.25) is 0 Å². The van der Waals surface area contributed by atoms with Gasteiger partial charge in [-0.05, 0) is 13.8 Å². The first-order valence-electron chi connectivity index (χ1n) is 6.71. The third-order valence-electron chi connectivity index (χ3n) is 1.12. The number of allylic oxidation sites excluding steroid dienone is 4. The average molecular weight is 257 g/mol. The van der Waals surface area contributed by atoms with Crippen LogP contribution in [0.3, 0.4) is 0 Å². The van der Waals surface area contributed by atoms with Crippen molar-refractivity contribution in [3.05, 3.63) is 37.5 Å². The summed E-state index contributed by atoms with van der Waals surface area (Å²) in [4.78, 5) is 0. The van der Waals surface area contributed by atoms with Gasteiger partial charge < -0.3 is 0 Å². The van der Waals surface area contributed by atoms with E-state index in [1.54, 1.807) is 6.08 Å². The van der Waals surface area contributed by atoms with Crippen LogP contribution in [0.15, 0.2) is 37.5 Å². The van der Waals surface area contributed by atoms with Crippen molar-refractivity contribution in [2.75, 3.05) is 0 Å². The molecule has 0 aliphatic rings. The lowest BCUT2D eigenvalue weighted by Crippen LogP contribution is -1.99. The maximum absolute atomic E-state index is 3.70. The van der Waals surface area contributed by atoms with Crippen LogP contribution in [-0.2, 0) is 0 Å². The molecule has 0 aliphatic heterocycles. The molecule has 0 unspecified atom stereocenters. The normalized spacial score (nSPS) is 8.22. The first-order chi connectivity index (χ1) is 7.86. The van der Waals surface area contributed by atoms with E-state index in [-0.39, 0.29) is 12.8 Å². The Morgan fingerprint density at radius 2 is 1.11 bits per heavy atom. The quantitative estimate of drug-likeness (QED) is 0.450. The molecule has 0 aromatic rings. The third-order valence-corrected chi connectivity index (χ3v) is 1.12. The highest BCUT2D eigenvalue weighted by molar-refractivity contribution is 5.03. The molecule has 0 heteroatoms. The van der Waals surface area contributed by atoms with Crippen molar-refractivity contribution in [1.29, 1.82) is 0 Å². The van der Waals surface area contributed by atoms with Crippen molar-refractivity contribution in [3.8, 4) is 0 Å². The summed E-state index contributed by atoms with van der Waals surface area (Å²) in [6, 6.07) is 0. The van der Waals surface area contributed by atoms with Gasteiger partial charge in [0.05, 0.1) is 0 Å². The van der Waals surface area contributed by atoms with Gasteiger partial charge in [0.25, 0.3) is 0 Å². The van der Waals surface area contributed by atoms with Gasteiger partial charge in [0, 0.05) is 5.41 Å². The summed E-state index contributed by atoms with van der Waals surface area (Å²) in [6.07, 6.45) is 10.4. The standard InChI is InChI=1S/C8H14.2C3H8.C3H6.CH4/c1-5-7-8(3,4)6-2;3*1-3-2;/h5-7H,2H2,1,3-4H3;2*3H2,1-2H3;3H,1H2,2H3;1H4/b7-5-;;;;. The van der Waals surface area contributed by atoms with Crippen molar-refractivity contribution in [2.45, 2.75) is 75.7 Å². The molecule has 0 saturated carbocycles. The maximum Gasteiger partial charge on any atom is 0.000162 e. The van der Waals surface area contributed by atoms with Gasteiger partial charge in [-0.1, -0.05) is 86.1 Å². The molecule has 0 amide bonds. The molecule has 0 aromatic heterocycles. The zero-order valence-electron chi connectivity index (χ0n) is 13.6. The predicted octanol–water partition coefficient (Wildman–Crippen LogP) is 7.44. The largest absolute Gasteiger partial charge is 0.103 e. The lowest BCUT2D eigenvalue weighted by atomic mass is 9.94. The summed E-state index contributed by atoms with van der Waals surface area (Å²) < 4.78 is 0. The fourth-order valence-corrected chi connectivity index (χ4v) is 0.498. The molecular weight excluding hydrogens is 216 g/mol. The topological polar surface area (TPSA) is 0 Å². The monoisotopic (exact) mass is 256 g/mol. The average Bonchev–Trinajstić information content (AvgIpc) is 2.21. The fourth-order valence-electron chi connectivity index (χ4n) is 0.498. The van der Waals surface area contributed by atoms with Crippen molar-refractivity contribution >= 4 is 0 Å². The van der Waals surface area contributed by atoms with Crippen molar-refractivity contribution in [3.63, 3.8) is 0 Å². The van der Waals surface area contributed by atoms with Crippen molar-refractivity contribution in [1.82, 2.24) is 0 Å². The summed E-state index contributed by atoms with van der Waals surface area (Å²) in [5.74, 6) is 0. The molecule has 0 aliphatic carbocycles. The molecule has 0 heterocycles. The van der Waals surface area contributed by atoms with Crippen molar-refractivity contribution in [2.24, 2.45) is 5.41 Å². The molecule has 0 spiro atoms. The van der Waals surface area contributed by atoms with Crippen LogP contribution < -0.4 is 0 Å². The van der Waals surface area contributed by atoms with Gasteiger partial charge in [-0.25, -0.2) is 0 Å². The van der Waals surface area contributed by atoms with Crippen molar-refractivity contribution < 1.29 is 0 Å². The van der Waals surface area contributed by atoms with Gasteiger partial charge in [0.15, 0.2) is 0 Å². The summed E-state index contributed by atoms with van der Waals surface area (Å²) in [5.41, 5.74) is 0.175. The minimum absolute atomic E-state index is 0. The Bertz CT molecular complexity index is 147. The summed E-state index contributed by atoms with van der Waals surface area (Å²) in [5, 5.41) is 0. The second kappa shape index (κ2) is 29.8. The molecular formula is C18H40. The fraction of sp³-hybridized carbons (Fsp3) is 0.667. The van der Waals surface area contributed by atoms with Crippen LogP contribution in [0.4, 0.5) is 0 Å². The smallest absolute Gasteiger partial charge is 0.000162 e. The Hall–Kier alpha value is -0.780. The zero-order chi connectivity index (χ0) is 14.7. The minimum atomic E-state index is 0. The zero-order valence-corrected chi connectivity index (χ0v) is 13.6. The van der Waals surface area contributed by atoms with Gasteiger partial charge in [-0.3, -0.25) is 0 Å². The Morgan fingerprint density at radius 1 is 0.889 bits per heavy atom. The molecule has 112 valence electrons. The highest BCUT2D eigenvalue weighted by Gasteiger charge is 2.04. The van der Waals surface area contributed by atoms with Gasteiger partial charge in [-0.15, -0.1) is 13.2 Å². The molecule has 0 N–H and O–H groups in total. The molecule has 0 aromatic carbocycles. The summed E-state index contributed by atoms with van der Waals surface area (Å²) >= 11 is 0. The van der Waals surface area contributed by atoms with E-state index in [9.17, 15) is 0 Å². The second-order valence-electron chi connectivity index (χ2n) is 4.35. The number of hydrogen-bond acceptors (Lipinski definition) is 0. The summed E-state index contributed by atoms with van der Waals surface area (Å²) in [6.45, 7) is 23.7. The van der Waals surface area contributed by atoms with E-state index in [0.717, 1.165) is 0 Å². The van der Waals surface area contributed by atoms with Crippen LogP contribution in [0.25, 0.3) is 0 Å². The predicted molar refractivity (Wildman–Crippen MR) is 93.3 cm³/mol. The number of rotatable bonds is 2. The van der Waals surface area contributed by atoms with Crippen LogP contribution in [-0.4, -0.2) is 0 Å². The SMILES string of the molecule is C.C=CC.C=CC(C)(C)/C=C\C.CCC.CCC. The highest BCUT2D eigenvalue weighted by Crippen LogP contribution is 2.16. The molecule has 0 nitrogen and oxygen atoms in total. The van der Waals surface area contributed by atoms with Crippen LogP contribution >= 0.6 is 0 Å². The lowest BCUT2D eigenvalue weighted by Gasteiger charge is -2.11. The Labute approximate surface area is 119 Å².